The number of hydrogen-bond acceptors (Lipinski definition) is 3. The fourth-order valence-electron chi connectivity index (χ4n) is 1.60. The maximum absolute atomic E-state index is 11.6. The zero-order chi connectivity index (χ0) is 15.0. The monoisotopic (exact) mass is 338 g/mol. The first-order chi connectivity index (χ1) is 9.60. The Kier molecular flexibility index (Phi) is 7.09. The molecule has 1 aromatic rings. The minimum Gasteiger partial charge on any atom is -0.489 e. The SMILES string of the molecule is C=C/C(=C\C)COc1cc(Br)ccc1CC(=O)OCC. The molecule has 0 radical (unpaired) electrons. The lowest BCUT2D eigenvalue weighted by Crippen LogP contribution is -2.09. The second-order valence-electron chi connectivity index (χ2n) is 4.09. The predicted octanol–water partition coefficient (Wildman–Crippen LogP) is 4.07. The molecule has 0 aliphatic rings. The van der Waals surface area contributed by atoms with Crippen molar-refractivity contribution in [3.05, 3.63) is 52.5 Å². The summed E-state index contributed by atoms with van der Waals surface area (Å²) in [6.07, 6.45) is 3.90. The Balaban J connectivity index is 2.84. The maximum atomic E-state index is 11.6. The van der Waals surface area contributed by atoms with Crippen LogP contribution in [0.25, 0.3) is 0 Å². The number of esters is 1. The van der Waals surface area contributed by atoms with Gasteiger partial charge in [0.1, 0.15) is 12.4 Å². The minimum atomic E-state index is -0.255. The first kappa shape index (κ1) is 16.5. The topological polar surface area (TPSA) is 35.5 Å². The number of halogens is 1. The van der Waals surface area contributed by atoms with Crippen molar-refractivity contribution in [3.63, 3.8) is 0 Å². The Labute approximate surface area is 128 Å². The van der Waals surface area contributed by atoms with Gasteiger partial charge in [0.05, 0.1) is 13.0 Å². The molecule has 0 atom stereocenters. The molecule has 1 aromatic carbocycles. The van der Waals surface area contributed by atoms with Crippen LogP contribution in [0.5, 0.6) is 5.75 Å². The molecule has 0 amide bonds. The number of carbonyl (C=O) groups is 1. The van der Waals surface area contributed by atoms with Gasteiger partial charge in [0.2, 0.25) is 0 Å². The van der Waals surface area contributed by atoms with E-state index < -0.39 is 0 Å². The standard InChI is InChI=1S/C16H19BrO3/c1-4-12(5-2)11-20-15-10-14(17)8-7-13(15)9-16(18)19-6-3/h4-5,7-8,10H,1,6,9,11H2,2-3H3/b12-5+. The van der Waals surface area contributed by atoms with Crippen molar-refractivity contribution < 1.29 is 14.3 Å². The van der Waals surface area contributed by atoms with Crippen LogP contribution < -0.4 is 4.74 Å². The Bertz CT molecular complexity index is 506. The number of allylic oxidation sites excluding steroid dienone is 1. The molecule has 0 fully saturated rings. The van der Waals surface area contributed by atoms with Gasteiger partial charge in [-0.05, 0) is 31.6 Å². The van der Waals surface area contributed by atoms with E-state index in [1.165, 1.54) is 0 Å². The van der Waals surface area contributed by atoms with Gasteiger partial charge in [-0.15, -0.1) is 0 Å². The first-order valence-corrected chi connectivity index (χ1v) is 7.24. The second kappa shape index (κ2) is 8.59. The molecule has 3 nitrogen and oxygen atoms in total. The minimum absolute atomic E-state index is 0.204. The molecule has 20 heavy (non-hydrogen) atoms. The fraction of sp³-hybridized carbons (Fsp3) is 0.312. The van der Waals surface area contributed by atoms with Crippen LogP contribution in [-0.4, -0.2) is 19.2 Å². The van der Waals surface area contributed by atoms with Crippen molar-refractivity contribution in [2.45, 2.75) is 20.3 Å². The third-order valence-electron chi connectivity index (χ3n) is 2.70. The molecule has 0 aliphatic heterocycles. The summed E-state index contributed by atoms with van der Waals surface area (Å²) < 4.78 is 11.6. The van der Waals surface area contributed by atoms with E-state index in [2.05, 4.69) is 22.5 Å². The normalized spacial score (nSPS) is 11.1. The predicted molar refractivity (Wildman–Crippen MR) is 83.9 cm³/mol. The third-order valence-corrected chi connectivity index (χ3v) is 3.19. The van der Waals surface area contributed by atoms with E-state index in [1.807, 2.05) is 31.2 Å². The Morgan fingerprint density at radius 1 is 1.45 bits per heavy atom. The van der Waals surface area contributed by atoms with Crippen LogP contribution >= 0.6 is 15.9 Å². The average Bonchev–Trinajstić information content (AvgIpc) is 2.43. The van der Waals surface area contributed by atoms with Crippen molar-refractivity contribution in [3.8, 4) is 5.75 Å². The van der Waals surface area contributed by atoms with E-state index in [1.54, 1.807) is 13.0 Å². The lowest BCUT2D eigenvalue weighted by molar-refractivity contribution is -0.142. The van der Waals surface area contributed by atoms with Crippen molar-refractivity contribution in [1.82, 2.24) is 0 Å². The molecule has 0 heterocycles. The van der Waals surface area contributed by atoms with Gasteiger partial charge in [-0.25, -0.2) is 0 Å². The van der Waals surface area contributed by atoms with Gasteiger partial charge >= 0.3 is 5.97 Å². The molecule has 0 aromatic heterocycles. The summed E-state index contributed by atoms with van der Waals surface area (Å²) in [5, 5.41) is 0. The van der Waals surface area contributed by atoms with Gasteiger partial charge < -0.3 is 9.47 Å². The number of ether oxygens (including phenoxy) is 2. The van der Waals surface area contributed by atoms with E-state index in [9.17, 15) is 4.79 Å². The summed E-state index contributed by atoms with van der Waals surface area (Å²) in [5.74, 6) is 0.420. The lowest BCUT2D eigenvalue weighted by Gasteiger charge is -2.12. The first-order valence-electron chi connectivity index (χ1n) is 6.45. The molecule has 0 saturated heterocycles. The van der Waals surface area contributed by atoms with Gasteiger partial charge in [-0.3, -0.25) is 4.79 Å². The number of benzene rings is 1. The van der Waals surface area contributed by atoms with Crippen LogP contribution in [0.4, 0.5) is 0 Å². The zero-order valence-electron chi connectivity index (χ0n) is 11.8. The smallest absolute Gasteiger partial charge is 0.310 e. The quantitative estimate of drug-likeness (QED) is 0.555. The Hall–Kier alpha value is -1.55. The summed E-state index contributed by atoms with van der Waals surface area (Å²) >= 11 is 3.40. The summed E-state index contributed by atoms with van der Waals surface area (Å²) in [6.45, 7) is 8.25. The van der Waals surface area contributed by atoms with E-state index in [4.69, 9.17) is 9.47 Å². The fourth-order valence-corrected chi connectivity index (χ4v) is 1.94. The van der Waals surface area contributed by atoms with Crippen LogP contribution in [0, 0.1) is 0 Å². The number of rotatable bonds is 7. The molecule has 0 bridgehead atoms. The lowest BCUT2D eigenvalue weighted by atomic mass is 10.1. The highest BCUT2D eigenvalue weighted by atomic mass is 79.9. The molecule has 0 spiro atoms. The molecule has 0 saturated carbocycles. The van der Waals surface area contributed by atoms with Crippen molar-refractivity contribution in [2.75, 3.05) is 13.2 Å². The molecule has 1 rings (SSSR count). The summed E-state index contributed by atoms with van der Waals surface area (Å²) in [4.78, 5) is 11.6. The van der Waals surface area contributed by atoms with E-state index in [0.29, 0.717) is 19.0 Å². The van der Waals surface area contributed by atoms with Crippen LogP contribution in [-0.2, 0) is 16.0 Å². The summed E-state index contributed by atoms with van der Waals surface area (Å²) in [5.41, 5.74) is 1.80. The summed E-state index contributed by atoms with van der Waals surface area (Å²) in [6, 6.07) is 5.59. The van der Waals surface area contributed by atoms with Crippen LogP contribution in [0.15, 0.2) is 47.0 Å². The van der Waals surface area contributed by atoms with Crippen LogP contribution in [0.3, 0.4) is 0 Å². The van der Waals surface area contributed by atoms with E-state index in [0.717, 1.165) is 15.6 Å². The van der Waals surface area contributed by atoms with Crippen molar-refractivity contribution >= 4 is 21.9 Å². The van der Waals surface area contributed by atoms with Crippen molar-refractivity contribution in [2.24, 2.45) is 0 Å². The van der Waals surface area contributed by atoms with Gasteiger partial charge in [0.15, 0.2) is 0 Å². The van der Waals surface area contributed by atoms with Gasteiger partial charge in [-0.2, -0.15) is 0 Å². The Morgan fingerprint density at radius 2 is 2.20 bits per heavy atom. The highest BCUT2D eigenvalue weighted by Crippen LogP contribution is 2.25. The second-order valence-corrected chi connectivity index (χ2v) is 5.01. The molecule has 108 valence electrons. The van der Waals surface area contributed by atoms with E-state index in [-0.39, 0.29) is 12.4 Å². The molecule has 0 unspecified atom stereocenters. The average molecular weight is 339 g/mol. The van der Waals surface area contributed by atoms with Gasteiger partial charge in [-0.1, -0.05) is 40.7 Å². The number of carbonyl (C=O) groups excluding carboxylic acids is 1. The summed E-state index contributed by atoms with van der Waals surface area (Å²) in [7, 11) is 0. The molecular formula is C16H19BrO3. The highest BCUT2D eigenvalue weighted by Gasteiger charge is 2.10. The largest absolute Gasteiger partial charge is 0.489 e. The van der Waals surface area contributed by atoms with E-state index >= 15 is 0 Å². The van der Waals surface area contributed by atoms with Crippen molar-refractivity contribution in [1.29, 1.82) is 0 Å². The Morgan fingerprint density at radius 3 is 2.80 bits per heavy atom. The highest BCUT2D eigenvalue weighted by molar-refractivity contribution is 9.10. The number of hydrogen-bond donors (Lipinski definition) is 0. The molecular weight excluding hydrogens is 320 g/mol. The van der Waals surface area contributed by atoms with Crippen LogP contribution in [0.2, 0.25) is 0 Å². The maximum Gasteiger partial charge on any atom is 0.310 e. The molecule has 4 heteroatoms. The van der Waals surface area contributed by atoms with Gasteiger partial charge in [0.25, 0.3) is 0 Å². The van der Waals surface area contributed by atoms with Gasteiger partial charge in [0, 0.05) is 10.0 Å². The van der Waals surface area contributed by atoms with Crippen LogP contribution in [0.1, 0.15) is 19.4 Å². The molecule has 0 N–H and O–H groups in total. The third kappa shape index (κ3) is 5.21. The molecule has 0 aliphatic carbocycles. The zero-order valence-corrected chi connectivity index (χ0v) is 13.4.